The Balaban J connectivity index is 0.00000141. The fourth-order valence-corrected chi connectivity index (χ4v) is 3.50. The molecule has 0 atom stereocenters. The lowest BCUT2D eigenvalue weighted by Crippen LogP contribution is -2.35. The fraction of sp³-hybridized carbons (Fsp3) is 0.350. The average Bonchev–Trinajstić information content (AvgIpc) is 3.36. The quantitative estimate of drug-likeness (QED) is 0.422. The number of aryl methyl sites for hydroxylation is 1. The van der Waals surface area contributed by atoms with Crippen LogP contribution < -0.4 is 0 Å². The van der Waals surface area contributed by atoms with Crippen molar-refractivity contribution in [3.8, 4) is 11.3 Å². The molecular weight excluding hydrogens is 440 g/mol. The van der Waals surface area contributed by atoms with Crippen LogP contribution in [-0.2, 0) is 26.3 Å². The number of aromatic nitrogens is 4. The minimum Gasteiger partial charge on any atom is -0.332 e. The van der Waals surface area contributed by atoms with E-state index in [-0.39, 0.29) is 35.3 Å². The summed E-state index contributed by atoms with van der Waals surface area (Å²) in [5.41, 5.74) is 1.29. The fourth-order valence-electron chi connectivity index (χ4n) is 3.50. The highest BCUT2D eigenvalue weighted by Gasteiger charge is 2.34. The standard InChI is InChI=1S/C18H13F6N5O.C2H6/c1-27-16(9-4-12(19)15(21)13(20)5-9)11-2-3-28(8-14(11)26-27)17(30)10-6-25-29(7-10)18(22,23)24;1-2/h4-7H,2-3,8H2,1H3;1-2H3. The maximum absolute atomic E-state index is 13.7. The van der Waals surface area contributed by atoms with E-state index in [9.17, 15) is 31.1 Å². The predicted molar refractivity (Wildman–Crippen MR) is 102 cm³/mol. The number of amides is 1. The third-order valence-electron chi connectivity index (χ3n) is 4.83. The van der Waals surface area contributed by atoms with Crippen LogP contribution >= 0.6 is 0 Å². The molecule has 3 aromatic rings. The van der Waals surface area contributed by atoms with Crippen LogP contribution in [0, 0.1) is 17.5 Å². The van der Waals surface area contributed by atoms with Crippen molar-refractivity contribution in [1.82, 2.24) is 24.5 Å². The third-order valence-corrected chi connectivity index (χ3v) is 4.83. The summed E-state index contributed by atoms with van der Waals surface area (Å²) in [4.78, 5) is 13.9. The molecule has 0 spiro atoms. The van der Waals surface area contributed by atoms with Gasteiger partial charge in [-0.3, -0.25) is 9.48 Å². The van der Waals surface area contributed by atoms with Gasteiger partial charge in [0.25, 0.3) is 5.91 Å². The van der Waals surface area contributed by atoms with Crippen LogP contribution in [0.5, 0.6) is 0 Å². The molecule has 12 heteroatoms. The van der Waals surface area contributed by atoms with E-state index >= 15 is 0 Å². The summed E-state index contributed by atoms with van der Waals surface area (Å²) in [6.07, 6.45) is -3.05. The summed E-state index contributed by atoms with van der Waals surface area (Å²) < 4.78 is 79.7. The minimum atomic E-state index is -4.73. The topological polar surface area (TPSA) is 56.0 Å². The van der Waals surface area contributed by atoms with Gasteiger partial charge < -0.3 is 4.90 Å². The molecule has 0 fully saturated rings. The largest absolute Gasteiger partial charge is 0.504 e. The monoisotopic (exact) mass is 459 g/mol. The maximum atomic E-state index is 13.7. The summed E-state index contributed by atoms with van der Waals surface area (Å²) in [5.74, 6) is -4.91. The van der Waals surface area contributed by atoms with Gasteiger partial charge in [0.05, 0.1) is 29.7 Å². The van der Waals surface area contributed by atoms with Gasteiger partial charge in [-0.1, -0.05) is 13.8 Å². The SMILES string of the molecule is CC.Cn1nc2c(c1-c1cc(F)c(F)c(F)c1)CCN(C(=O)c1cnn(C(F)(F)F)c1)C2. The number of hydrogen-bond donors (Lipinski definition) is 0. The third kappa shape index (κ3) is 4.21. The van der Waals surface area contributed by atoms with E-state index in [1.807, 2.05) is 13.8 Å². The first-order valence-corrected chi connectivity index (χ1v) is 9.67. The first-order chi connectivity index (χ1) is 15.1. The smallest absolute Gasteiger partial charge is 0.332 e. The first-order valence-electron chi connectivity index (χ1n) is 9.67. The Morgan fingerprint density at radius 1 is 1.09 bits per heavy atom. The number of benzene rings is 1. The number of halogens is 6. The molecule has 6 nitrogen and oxygen atoms in total. The Bertz CT molecular complexity index is 1130. The molecule has 1 aromatic carbocycles. The number of nitrogens with zero attached hydrogens (tertiary/aromatic N) is 5. The molecule has 0 aliphatic carbocycles. The van der Waals surface area contributed by atoms with Gasteiger partial charge in [0, 0.05) is 30.9 Å². The van der Waals surface area contributed by atoms with E-state index in [1.165, 1.54) is 16.6 Å². The first kappa shape index (κ1) is 23.4. The lowest BCUT2D eigenvalue weighted by atomic mass is 9.99. The zero-order chi connectivity index (χ0) is 23.8. The molecule has 0 saturated carbocycles. The normalized spacial score (nSPS) is 13.5. The summed E-state index contributed by atoms with van der Waals surface area (Å²) >= 11 is 0. The van der Waals surface area contributed by atoms with E-state index in [1.54, 1.807) is 0 Å². The highest BCUT2D eigenvalue weighted by atomic mass is 19.4. The summed E-state index contributed by atoms with van der Waals surface area (Å²) in [6.45, 7) is 4.14. The van der Waals surface area contributed by atoms with Crippen molar-refractivity contribution in [1.29, 1.82) is 0 Å². The van der Waals surface area contributed by atoms with Crippen molar-refractivity contribution in [2.24, 2.45) is 7.05 Å². The number of hydrogen-bond acceptors (Lipinski definition) is 3. The Morgan fingerprint density at radius 2 is 1.72 bits per heavy atom. The Morgan fingerprint density at radius 3 is 2.28 bits per heavy atom. The van der Waals surface area contributed by atoms with Crippen molar-refractivity contribution < 1.29 is 31.1 Å². The second-order valence-electron chi connectivity index (χ2n) is 6.77. The summed E-state index contributed by atoms with van der Waals surface area (Å²) in [7, 11) is 1.53. The van der Waals surface area contributed by atoms with Crippen molar-refractivity contribution in [2.45, 2.75) is 33.1 Å². The van der Waals surface area contributed by atoms with Gasteiger partial charge >= 0.3 is 6.30 Å². The molecule has 1 aliphatic heterocycles. The molecule has 0 saturated heterocycles. The lowest BCUT2D eigenvalue weighted by molar-refractivity contribution is -0.212. The van der Waals surface area contributed by atoms with Gasteiger partial charge in [-0.15, -0.1) is 13.2 Å². The highest BCUT2D eigenvalue weighted by Crippen LogP contribution is 2.32. The summed E-state index contributed by atoms with van der Waals surface area (Å²) in [5, 5.41) is 7.42. The Labute approximate surface area is 179 Å². The molecule has 1 aliphatic rings. The van der Waals surface area contributed by atoms with Crippen molar-refractivity contribution >= 4 is 5.91 Å². The summed E-state index contributed by atoms with van der Waals surface area (Å²) in [6, 6.07) is 1.72. The van der Waals surface area contributed by atoms with Gasteiger partial charge in [0.2, 0.25) is 0 Å². The van der Waals surface area contributed by atoms with Gasteiger partial charge in [0.15, 0.2) is 17.5 Å². The van der Waals surface area contributed by atoms with Gasteiger partial charge in [-0.25, -0.2) is 13.2 Å². The van der Waals surface area contributed by atoms with Crippen LogP contribution in [0.3, 0.4) is 0 Å². The number of fused-ring (bicyclic) bond motifs is 1. The zero-order valence-corrected chi connectivity index (χ0v) is 17.3. The van der Waals surface area contributed by atoms with Gasteiger partial charge in [0.1, 0.15) is 0 Å². The molecule has 0 N–H and O–H groups in total. The maximum Gasteiger partial charge on any atom is 0.504 e. The van der Waals surface area contributed by atoms with Crippen LogP contribution in [0.25, 0.3) is 11.3 Å². The highest BCUT2D eigenvalue weighted by molar-refractivity contribution is 5.94. The molecule has 0 unspecified atom stereocenters. The number of carbonyl (C=O) groups excluding carboxylic acids is 1. The molecule has 3 heterocycles. The molecule has 0 bridgehead atoms. The Hall–Kier alpha value is -3.31. The molecule has 1 amide bonds. The minimum absolute atomic E-state index is 0.00857. The van der Waals surface area contributed by atoms with Crippen molar-refractivity contribution in [3.05, 3.63) is 58.8 Å². The van der Waals surface area contributed by atoms with Crippen LogP contribution in [0.1, 0.15) is 35.5 Å². The van der Waals surface area contributed by atoms with Crippen LogP contribution in [-0.4, -0.2) is 36.9 Å². The van der Waals surface area contributed by atoms with Gasteiger partial charge in [-0.05, 0) is 18.6 Å². The Kier molecular flexibility index (Phi) is 6.33. The van der Waals surface area contributed by atoms with E-state index in [0.717, 1.165) is 18.3 Å². The van der Waals surface area contributed by atoms with E-state index in [4.69, 9.17) is 0 Å². The lowest BCUT2D eigenvalue weighted by Gasteiger charge is -2.26. The molecule has 172 valence electrons. The van der Waals surface area contributed by atoms with Crippen molar-refractivity contribution in [3.63, 3.8) is 0 Å². The van der Waals surface area contributed by atoms with Gasteiger partial charge in [-0.2, -0.15) is 14.9 Å². The number of alkyl halides is 3. The molecule has 4 rings (SSSR count). The van der Waals surface area contributed by atoms with E-state index < -0.39 is 29.7 Å². The second kappa shape index (κ2) is 8.67. The van der Waals surface area contributed by atoms with Crippen LogP contribution in [0.15, 0.2) is 24.5 Å². The van der Waals surface area contributed by atoms with E-state index in [2.05, 4.69) is 10.2 Å². The molecular formula is C20H19F6N5O. The molecule has 0 radical (unpaired) electrons. The number of rotatable bonds is 2. The molecule has 2 aromatic heterocycles. The second-order valence-corrected chi connectivity index (χ2v) is 6.77. The zero-order valence-electron chi connectivity index (χ0n) is 17.3. The van der Waals surface area contributed by atoms with Crippen LogP contribution in [0.4, 0.5) is 26.3 Å². The number of carbonyl (C=O) groups is 1. The predicted octanol–water partition coefficient (Wildman–Crippen LogP) is 4.40. The van der Waals surface area contributed by atoms with E-state index in [0.29, 0.717) is 23.1 Å². The van der Waals surface area contributed by atoms with Crippen molar-refractivity contribution in [2.75, 3.05) is 6.54 Å². The van der Waals surface area contributed by atoms with Crippen LogP contribution in [0.2, 0.25) is 0 Å². The molecule has 32 heavy (non-hydrogen) atoms. The average molecular weight is 459 g/mol.